The number of rotatable bonds is 6. The van der Waals surface area contributed by atoms with Crippen LogP contribution in [-0.2, 0) is 20.3 Å². The van der Waals surface area contributed by atoms with Crippen molar-refractivity contribution in [3.05, 3.63) is 126 Å². The molecule has 0 bridgehead atoms. The molecule has 4 aromatic rings. The maximum absolute atomic E-state index is 2.93. The second kappa shape index (κ2) is 13.8. The van der Waals surface area contributed by atoms with Gasteiger partial charge in [-0.25, -0.2) is 0 Å². The summed E-state index contributed by atoms with van der Waals surface area (Å²) >= 11 is -2.93. The van der Waals surface area contributed by atoms with Crippen LogP contribution >= 0.6 is 0 Å². The normalized spacial score (nSPS) is 17.8. The van der Waals surface area contributed by atoms with E-state index in [2.05, 4.69) is 144 Å². The molecule has 2 atom stereocenters. The monoisotopic (exact) mass is 766 g/mol. The molecule has 1 heterocycles. The van der Waals surface area contributed by atoms with Gasteiger partial charge in [-0.15, -0.1) is 0 Å². The second-order valence-corrected chi connectivity index (χ2v) is 27.5. The van der Waals surface area contributed by atoms with Gasteiger partial charge in [0.25, 0.3) is 0 Å². The van der Waals surface area contributed by atoms with Gasteiger partial charge in [-0.2, -0.15) is 0 Å². The summed E-state index contributed by atoms with van der Waals surface area (Å²) in [7, 11) is 0. The maximum Gasteiger partial charge on any atom is -1.00 e. The number of hydrogen-bond acceptors (Lipinski definition) is 0. The topological polar surface area (TPSA) is 0 Å². The van der Waals surface area contributed by atoms with Crippen molar-refractivity contribution in [1.29, 1.82) is 0 Å². The van der Waals surface area contributed by atoms with Crippen molar-refractivity contribution in [3.63, 3.8) is 0 Å². The summed E-state index contributed by atoms with van der Waals surface area (Å²) in [5, 5.41) is 0. The fraction of sp³-hybridized carbons (Fsp3) is 0.391. The van der Waals surface area contributed by atoms with Crippen LogP contribution in [-0.4, -0.2) is 0 Å². The van der Waals surface area contributed by atoms with E-state index in [4.69, 9.17) is 0 Å². The first-order valence-electron chi connectivity index (χ1n) is 18.1. The Morgan fingerprint density at radius 2 is 0.857 bits per heavy atom. The molecule has 7 rings (SSSR count). The van der Waals surface area contributed by atoms with Crippen LogP contribution in [0.1, 0.15) is 102 Å². The first-order valence-corrected chi connectivity index (χ1v) is 24.4. The van der Waals surface area contributed by atoms with E-state index < -0.39 is 20.3 Å². The van der Waals surface area contributed by atoms with E-state index >= 15 is 0 Å². The number of benzene rings is 4. The van der Waals surface area contributed by atoms with Crippen molar-refractivity contribution < 1.29 is 45.1 Å². The van der Waals surface area contributed by atoms with E-state index in [-0.39, 0.29) is 24.8 Å². The molecular weight excluding hydrogens is 715 g/mol. The molecule has 0 amide bonds. The van der Waals surface area contributed by atoms with Gasteiger partial charge in [-0.05, 0) is 0 Å². The van der Waals surface area contributed by atoms with Crippen molar-refractivity contribution >= 4 is 12.2 Å². The molecule has 1 aliphatic heterocycles. The van der Waals surface area contributed by atoms with E-state index in [1.807, 2.05) is 0 Å². The summed E-state index contributed by atoms with van der Waals surface area (Å²) in [5.41, 5.74) is 27.2. The van der Waals surface area contributed by atoms with Crippen LogP contribution in [0.25, 0.3) is 34.4 Å². The predicted octanol–water partition coefficient (Wildman–Crippen LogP) is 7.39. The molecule has 3 aliphatic rings. The molecule has 1 saturated heterocycles. The maximum atomic E-state index is 2.69. The molecule has 2 unspecified atom stereocenters. The number of fused-ring (bicyclic) bond motifs is 2. The molecule has 0 nitrogen and oxygen atoms in total. The van der Waals surface area contributed by atoms with E-state index in [1.54, 1.807) is 33.4 Å². The minimum absolute atomic E-state index is 0. The Balaban J connectivity index is 0.00000234. The molecule has 0 aromatic heterocycles. The van der Waals surface area contributed by atoms with Crippen molar-refractivity contribution in [2.24, 2.45) is 11.8 Å². The summed E-state index contributed by atoms with van der Waals surface area (Å²) in [6.45, 7) is 28.5. The smallest absolute Gasteiger partial charge is 1.00 e. The van der Waals surface area contributed by atoms with Gasteiger partial charge in [0, 0.05) is 0 Å². The van der Waals surface area contributed by atoms with Gasteiger partial charge in [-0.1, -0.05) is 0 Å². The summed E-state index contributed by atoms with van der Waals surface area (Å²) in [5.74, 6) is 1.09. The molecule has 4 aromatic carbocycles. The van der Waals surface area contributed by atoms with E-state index in [0.29, 0.717) is 19.1 Å². The van der Waals surface area contributed by atoms with Gasteiger partial charge in [0.1, 0.15) is 0 Å². The third-order valence-corrected chi connectivity index (χ3v) is 25.5. The molecule has 1 fully saturated rings. The Kier molecular flexibility index (Phi) is 10.7. The summed E-state index contributed by atoms with van der Waals surface area (Å²) < 4.78 is 4.28. The van der Waals surface area contributed by atoms with Crippen LogP contribution in [0.2, 0.25) is 8.26 Å². The molecule has 0 N–H and O–H groups in total. The molecule has 49 heavy (non-hydrogen) atoms. The van der Waals surface area contributed by atoms with Crippen molar-refractivity contribution in [3.8, 4) is 22.3 Å². The van der Waals surface area contributed by atoms with E-state index in [0.717, 1.165) is 0 Å². The Bertz CT molecular complexity index is 1890. The first-order chi connectivity index (χ1) is 22.2. The van der Waals surface area contributed by atoms with Crippen molar-refractivity contribution in [1.82, 2.24) is 0 Å². The minimum atomic E-state index is -2.93. The largest absolute Gasteiger partial charge is 1.00 e. The van der Waals surface area contributed by atoms with Gasteiger partial charge in [-0.3, -0.25) is 0 Å². The van der Waals surface area contributed by atoms with Crippen LogP contribution in [0.15, 0.2) is 59.7 Å². The van der Waals surface area contributed by atoms with Gasteiger partial charge in [0.15, 0.2) is 0 Å². The van der Waals surface area contributed by atoms with Crippen LogP contribution < -0.4 is 24.8 Å². The number of aryl methyl sites for hydroxylation is 6. The number of hydrogen-bond donors (Lipinski definition) is 0. The summed E-state index contributed by atoms with van der Waals surface area (Å²) in [6, 6.07) is 19.2. The Morgan fingerprint density at radius 3 is 1.16 bits per heavy atom. The van der Waals surface area contributed by atoms with Gasteiger partial charge in [0.05, 0.1) is 0 Å². The van der Waals surface area contributed by atoms with Gasteiger partial charge >= 0.3 is 292 Å². The molecule has 0 radical (unpaired) electrons. The SMILES string of the molecule is Cc1ccc(-c2cc(C)c(C)c3c2C=C(C(C)C)[CH]3[Zr+2]2([CH]3C(C(C)C)=Cc4c(-c5ccc(C)c(C)c5)cc(C)c(C)c43)[CH2][CH2]2)cc1C.[Cl-].[Cl-]. The molecule has 0 saturated carbocycles. The number of halogens is 2. The average Bonchev–Trinajstić information content (AvgIpc) is 3.53. The molecule has 0 spiro atoms. The van der Waals surface area contributed by atoms with Crippen molar-refractivity contribution in [2.45, 2.75) is 98.6 Å². The van der Waals surface area contributed by atoms with Crippen LogP contribution in [0, 0.1) is 67.2 Å². The minimum Gasteiger partial charge on any atom is -1.00 e. The average molecular weight is 769 g/mol. The molecule has 3 heteroatoms. The molecule has 256 valence electrons. The first kappa shape index (κ1) is 38.1. The summed E-state index contributed by atoms with van der Waals surface area (Å²) in [6.07, 6.45) is 5.38. The van der Waals surface area contributed by atoms with E-state index in [9.17, 15) is 0 Å². The van der Waals surface area contributed by atoms with Crippen LogP contribution in [0.3, 0.4) is 0 Å². The molecule has 2 aliphatic carbocycles. The standard InChI is InChI=1S/2C22H25.C2H4.2ClH.Zr/c2*1-13(2)19-11-20-17(6)16(5)10-21(22(20)12-19)18-8-7-14(3)15(4)9-18;1-2;;;/h2*7-13H,1-6H3;1-2H2;2*1H;/q;;;;;+2/p-2. The summed E-state index contributed by atoms with van der Waals surface area (Å²) in [4.78, 5) is 0. The van der Waals surface area contributed by atoms with E-state index in [1.165, 1.54) is 75.0 Å². The molecular formula is C46H54Cl2Zr. The zero-order valence-corrected chi connectivity index (χ0v) is 35.7. The third-order valence-electron chi connectivity index (χ3n) is 12.7. The fourth-order valence-electron chi connectivity index (χ4n) is 9.24. The third kappa shape index (κ3) is 6.03. The predicted molar refractivity (Wildman–Crippen MR) is 202 cm³/mol. The Labute approximate surface area is 314 Å². The van der Waals surface area contributed by atoms with Gasteiger partial charge in [0.2, 0.25) is 0 Å². The number of allylic oxidation sites excluding steroid dienone is 2. The fourth-order valence-corrected chi connectivity index (χ4v) is 27.8. The zero-order valence-electron chi connectivity index (χ0n) is 31.8. The zero-order chi connectivity index (χ0) is 33.7. The second-order valence-electron chi connectivity index (χ2n) is 16.2. The Morgan fingerprint density at radius 1 is 0.490 bits per heavy atom. The van der Waals surface area contributed by atoms with Crippen LogP contribution in [0.5, 0.6) is 0 Å². The van der Waals surface area contributed by atoms with Crippen LogP contribution in [0.4, 0.5) is 0 Å². The van der Waals surface area contributed by atoms with Crippen molar-refractivity contribution in [2.75, 3.05) is 0 Å². The van der Waals surface area contributed by atoms with Gasteiger partial charge < -0.3 is 24.8 Å². The quantitative estimate of drug-likeness (QED) is 0.192. The Hall–Kier alpha value is -2.18.